The number of ether oxygens (including phenoxy) is 1. The van der Waals surface area contributed by atoms with E-state index in [9.17, 15) is 9.90 Å². The van der Waals surface area contributed by atoms with Gasteiger partial charge in [-0.3, -0.25) is 0 Å². The molecule has 3 nitrogen and oxygen atoms in total. The van der Waals surface area contributed by atoms with Gasteiger partial charge < -0.3 is 9.84 Å². The zero-order valence-corrected chi connectivity index (χ0v) is 13.2. The number of esters is 1. The summed E-state index contributed by atoms with van der Waals surface area (Å²) in [5.74, 6) is 5.69. The highest BCUT2D eigenvalue weighted by Crippen LogP contribution is 2.46. The van der Waals surface area contributed by atoms with Crippen LogP contribution in [0.4, 0.5) is 0 Å². The van der Waals surface area contributed by atoms with Crippen LogP contribution in [0.1, 0.15) is 53.9 Å². The molecule has 0 radical (unpaired) electrons. The predicted octanol–water partition coefficient (Wildman–Crippen LogP) is 3.08. The van der Waals surface area contributed by atoms with Crippen molar-refractivity contribution in [2.75, 3.05) is 6.61 Å². The Kier molecular flexibility index (Phi) is 5.42. The van der Waals surface area contributed by atoms with E-state index < -0.39 is 5.60 Å². The van der Waals surface area contributed by atoms with Gasteiger partial charge >= 0.3 is 5.97 Å². The second-order valence-corrected chi connectivity index (χ2v) is 6.27. The lowest BCUT2D eigenvalue weighted by atomic mass is 9.61. The van der Waals surface area contributed by atoms with E-state index in [1.807, 2.05) is 6.92 Å². The molecule has 0 saturated heterocycles. The molecule has 1 N–H and O–H groups in total. The summed E-state index contributed by atoms with van der Waals surface area (Å²) in [6.07, 6.45) is 4.44. The number of rotatable bonds is 2. The van der Waals surface area contributed by atoms with Crippen LogP contribution in [-0.4, -0.2) is 23.3 Å². The summed E-state index contributed by atoms with van der Waals surface area (Å²) in [5.41, 5.74) is -0.623. The smallest absolute Gasteiger partial charge is 0.331 e. The van der Waals surface area contributed by atoms with Gasteiger partial charge in [-0.05, 0) is 32.6 Å². The molecular weight excluding hydrogens is 252 g/mol. The molecule has 2 atom stereocenters. The fourth-order valence-corrected chi connectivity index (χ4v) is 2.80. The monoisotopic (exact) mass is 278 g/mol. The van der Waals surface area contributed by atoms with Crippen LogP contribution in [0.15, 0.2) is 11.6 Å². The Labute approximate surface area is 122 Å². The lowest BCUT2D eigenvalue weighted by Crippen LogP contribution is -2.51. The third kappa shape index (κ3) is 3.64. The van der Waals surface area contributed by atoms with Gasteiger partial charge in [0, 0.05) is 17.1 Å². The van der Waals surface area contributed by atoms with Crippen molar-refractivity contribution >= 4 is 5.97 Å². The fourth-order valence-electron chi connectivity index (χ4n) is 2.80. The van der Waals surface area contributed by atoms with E-state index in [1.165, 1.54) is 6.08 Å². The van der Waals surface area contributed by atoms with Gasteiger partial charge in [-0.25, -0.2) is 4.79 Å². The van der Waals surface area contributed by atoms with Crippen molar-refractivity contribution in [1.82, 2.24) is 0 Å². The molecule has 2 unspecified atom stereocenters. The Hall–Kier alpha value is -1.27. The fraction of sp³-hybridized carbons (Fsp3) is 0.706. The van der Waals surface area contributed by atoms with Gasteiger partial charge in [0.2, 0.25) is 0 Å². The van der Waals surface area contributed by atoms with Crippen LogP contribution in [0.5, 0.6) is 0 Å². The molecule has 0 aliphatic heterocycles. The normalized spacial score (nSPS) is 29.3. The minimum absolute atomic E-state index is 0.133. The maximum atomic E-state index is 11.3. The molecule has 112 valence electrons. The van der Waals surface area contributed by atoms with Crippen LogP contribution >= 0.6 is 0 Å². The van der Waals surface area contributed by atoms with Crippen LogP contribution in [0, 0.1) is 23.2 Å². The molecule has 3 heteroatoms. The van der Waals surface area contributed by atoms with Gasteiger partial charge in [-0.2, -0.15) is 0 Å². The topological polar surface area (TPSA) is 46.5 Å². The van der Waals surface area contributed by atoms with Crippen LogP contribution in [0.25, 0.3) is 0 Å². The molecule has 1 rings (SSSR count). The third-order valence-electron chi connectivity index (χ3n) is 4.26. The average molecular weight is 278 g/mol. The lowest BCUT2D eigenvalue weighted by molar-refractivity contribution is -0.137. The van der Waals surface area contributed by atoms with Crippen molar-refractivity contribution in [2.45, 2.75) is 59.5 Å². The summed E-state index contributed by atoms with van der Waals surface area (Å²) in [4.78, 5) is 11.3. The molecule has 1 fully saturated rings. The van der Waals surface area contributed by atoms with Crippen molar-refractivity contribution in [3.63, 3.8) is 0 Å². The van der Waals surface area contributed by atoms with E-state index >= 15 is 0 Å². The van der Waals surface area contributed by atoms with Crippen molar-refractivity contribution in [3.05, 3.63) is 11.6 Å². The maximum absolute atomic E-state index is 11.3. The van der Waals surface area contributed by atoms with Crippen LogP contribution in [0.2, 0.25) is 0 Å². The molecular formula is C17H26O3. The largest absolute Gasteiger partial charge is 0.463 e. The summed E-state index contributed by atoms with van der Waals surface area (Å²) >= 11 is 0. The highest BCUT2D eigenvalue weighted by atomic mass is 16.5. The van der Waals surface area contributed by atoms with E-state index in [2.05, 4.69) is 25.7 Å². The van der Waals surface area contributed by atoms with E-state index in [1.54, 1.807) is 13.8 Å². The first-order valence-corrected chi connectivity index (χ1v) is 7.33. The third-order valence-corrected chi connectivity index (χ3v) is 4.26. The number of hydrogen-bond donors (Lipinski definition) is 1. The zero-order valence-electron chi connectivity index (χ0n) is 13.2. The van der Waals surface area contributed by atoms with Gasteiger partial charge in [0.05, 0.1) is 6.61 Å². The Morgan fingerprint density at radius 1 is 1.50 bits per heavy atom. The predicted molar refractivity (Wildman–Crippen MR) is 79.9 cm³/mol. The number of aliphatic hydroxyl groups is 1. The lowest BCUT2D eigenvalue weighted by Gasteiger charge is -2.47. The molecule has 1 saturated carbocycles. The second kappa shape index (κ2) is 6.45. The second-order valence-electron chi connectivity index (χ2n) is 6.27. The van der Waals surface area contributed by atoms with Gasteiger partial charge in [0.15, 0.2) is 0 Å². The van der Waals surface area contributed by atoms with Crippen molar-refractivity contribution in [2.24, 2.45) is 11.3 Å². The molecule has 1 aliphatic rings. The first-order valence-electron chi connectivity index (χ1n) is 7.33. The number of allylic oxidation sites excluding steroid dienone is 1. The molecule has 1 aliphatic carbocycles. The summed E-state index contributed by atoms with van der Waals surface area (Å²) in [6.45, 7) is 10.0. The molecule has 0 aromatic carbocycles. The highest BCUT2D eigenvalue weighted by molar-refractivity contribution is 5.83. The molecule has 0 bridgehead atoms. The maximum Gasteiger partial charge on any atom is 0.331 e. The first kappa shape index (κ1) is 16.8. The molecule has 20 heavy (non-hydrogen) atoms. The minimum Gasteiger partial charge on any atom is -0.463 e. The van der Waals surface area contributed by atoms with Gasteiger partial charge in [-0.15, -0.1) is 0 Å². The van der Waals surface area contributed by atoms with Crippen molar-refractivity contribution < 1.29 is 14.6 Å². The van der Waals surface area contributed by atoms with Crippen LogP contribution < -0.4 is 0 Å². The average Bonchev–Trinajstić information content (AvgIpc) is 2.34. The Morgan fingerprint density at radius 2 is 2.15 bits per heavy atom. The summed E-state index contributed by atoms with van der Waals surface area (Å²) < 4.78 is 4.85. The highest BCUT2D eigenvalue weighted by Gasteiger charge is 2.48. The van der Waals surface area contributed by atoms with E-state index in [0.717, 1.165) is 19.3 Å². The zero-order chi connectivity index (χ0) is 15.4. The minimum atomic E-state index is -1.00. The quantitative estimate of drug-likeness (QED) is 0.480. The SMILES string of the molecule is CCOC(=O)/C=C(/C)C#CC1(O)C(C)CCCC1(C)C. The standard InChI is InChI=1S/C17H26O3/c1-6-20-15(18)12-13(2)9-11-17(19)14(3)8-7-10-16(17,4)5/h12,14,19H,6-8,10H2,1-5H3/b13-12-. The Balaban J connectivity index is 2.95. The summed E-state index contributed by atoms with van der Waals surface area (Å²) in [5, 5.41) is 10.9. The molecule has 0 spiro atoms. The summed E-state index contributed by atoms with van der Waals surface area (Å²) in [6, 6.07) is 0. The Morgan fingerprint density at radius 3 is 2.70 bits per heavy atom. The first-order chi connectivity index (χ1) is 9.23. The molecule has 0 aromatic rings. The molecule has 0 heterocycles. The van der Waals surface area contributed by atoms with E-state index in [0.29, 0.717) is 12.2 Å². The Bertz CT molecular complexity index is 451. The van der Waals surface area contributed by atoms with Gasteiger partial charge in [0.1, 0.15) is 5.60 Å². The van der Waals surface area contributed by atoms with Crippen molar-refractivity contribution in [1.29, 1.82) is 0 Å². The number of carbonyl (C=O) groups is 1. The van der Waals surface area contributed by atoms with Crippen molar-refractivity contribution in [3.8, 4) is 11.8 Å². The van der Waals surface area contributed by atoms with Gasteiger partial charge in [0.25, 0.3) is 0 Å². The van der Waals surface area contributed by atoms with E-state index in [4.69, 9.17) is 4.74 Å². The van der Waals surface area contributed by atoms with E-state index in [-0.39, 0.29) is 17.3 Å². The van der Waals surface area contributed by atoms with Crippen LogP contribution in [-0.2, 0) is 9.53 Å². The number of carbonyl (C=O) groups excluding carboxylic acids is 1. The number of hydrogen-bond acceptors (Lipinski definition) is 3. The molecule has 0 amide bonds. The van der Waals surface area contributed by atoms with Gasteiger partial charge in [-0.1, -0.05) is 39.0 Å². The van der Waals surface area contributed by atoms with Crippen LogP contribution in [0.3, 0.4) is 0 Å². The summed E-state index contributed by atoms with van der Waals surface area (Å²) in [7, 11) is 0. The molecule has 0 aromatic heterocycles.